The van der Waals surface area contributed by atoms with Gasteiger partial charge >= 0.3 is 5.97 Å². The number of nitrogens with zero attached hydrogens (tertiary/aromatic N) is 1. The molecule has 0 bridgehead atoms. The molecule has 0 unspecified atom stereocenters. The summed E-state index contributed by atoms with van der Waals surface area (Å²) in [6.45, 7) is 0. The minimum Gasteiger partial charge on any atom is -0.495 e. The quantitative estimate of drug-likeness (QED) is 0.593. The second kappa shape index (κ2) is 8.41. The Morgan fingerprint density at radius 2 is 1.87 bits per heavy atom. The van der Waals surface area contributed by atoms with Crippen molar-refractivity contribution in [3.63, 3.8) is 0 Å². The zero-order valence-corrected chi connectivity index (χ0v) is 16.7. The van der Waals surface area contributed by atoms with E-state index in [4.69, 9.17) is 10.00 Å². The highest BCUT2D eigenvalue weighted by atomic mass is 32.2. The lowest BCUT2D eigenvalue weighted by Crippen LogP contribution is -2.16. The predicted octanol–water partition coefficient (Wildman–Crippen LogP) is 4.01. The van der Waals surface area contributed by atoms with Crippen molar-refractivity contribution in [1.29, 1.82) is 5.26 Å². The van der Waals surface area contributed by atoms with Crippen LogP contribution in [0.3, 0.4) is 0 Å². The van der Waals surface area contributed by atoms with Crippen LogP contribution in [0.5, 0.6) is 5.75 Å². The van der Waals surface area contributed by atoms with Crippen molar-refractivity contribution in [3.05, 3.63) is 77.4 Å². The van der Waals surface area contributed by atoms with Crippen LogP contribution in [0, 0.1) is 23.0 Å². The smallest absolute Gasteiger partial charge is 0.335 e. The Morgan fingerprint density at radius 3 is 2.48 bits per heavy atom. The molecule has 0 aliphatic heterocycles. The number of hydrogen-bond donors (Lipinski definition) is 2. The van der Waals surface area contributed by atoms with E-state index in [0.717, 1.165) is 30.3 Å². The normalized spacial score (nSPS) is 10.9. The Balaban J connectivity index is 2.19. The van der Waals surface area contributed by atoms with Gasteiger partial charge in [0.05, 0.1) is 23.9 Å². The van der Waals surface area contributed by atoms with Gasteiger partial charge in [-0.05, 0) is 48.0 Å². The molecule has 0 aliphatic rings. The van der Waals surface area contributed by atoms with E-state index in [9.17, 15) is 27.1 Å². The van der Waals surface area contributed by atoms with Gasteiger partial charge in [-0.3, -0.25) is 4.72 Å². The number of aromatic carboxylic acids is 1. The van der Waals surface area contributed by atoms with Gasteiger partial charge in [0.15, 0.2) is 0 Å². The molecular weight excluding hydrogens is 430 g/mol. The number of hydrogen-bond acceptors (Lipinski definition) is 5. The molecule has 0 aliphatic carbocycles. The van der Waals surface area contributed by atoms with Crippen molar-refractivity contribution in [1.82, 2.24) is 0 Å². The van der Waals surface area contributed by atoms with E-state index in [1.54, 1.807) is 6.07 Å². The number of sulfonamides is 1. The summed E-state index contributed by atoms with van der Waals surface area (Å²) in [6.07, 6.45) is 0. The molecule has 10 heteroatoms. The molecule has 0 heterocycles. The number of anilines is 1. The number of ether oxygens (including phenoxy) is 1. The monoisotopic (exact) mass is 444 g/mol. The third-order valence-corrected chi connectivity index (χ3v) is 5.69. The summed E-state index contributed by atoms with van der Waals surface area (Å²) < 4.78 is 61.3. The Labute approximate surface area is 176 Å². The highest BCUT2D eigenvalue weighted by molar-refractivity contribution is 7.92. The Kier molecular flexibility index (Phi) is 5.90. The topological polar surface area (TPSA) is 116 Å². The molecule has 2 N–H and O–H groups in total. The number of nitriles is 1. The first-order chi connectivity index (χ1) is 14.7. The summed E-state index contributed by atoms with van der Waals surface area (Å²) in [5, 5.41) is 18.3. The molecule has 31 heavy (non-hydrogen) atoms. The highest BCUT2D eigenvalue weighted by Crippen LogP contribution is 2.34. The summed E-state index contributed by atoms with van der Waals surface area (Å²) in [5.74, 6) is -3.04. The molecule has 0 radical (unpaired) electrons. The maximum atomic E-state index is 14.3. The highest BCUT2D eigenvalue weighted by Gasteiger charge is 2.24. The molecule has 0 saturated heterocycles. The average Bonchev–Trinajstić information content (AvgIpc) is 2.73. The van der Waals surface area contributed by atoms with E-state index in [1.165, 1.54) is 31.4 Å². The SMILES string of the molecule is COc1ccc(C(=O)O)cc1S(=O)(=O)Nc1cc(C#N)c(F)cc1-c1cccc(F)c1. The number of rotatable bonds is 6. The van der Waals surface area contributed by atoms with E-state index in [-0.39, 0.29) is 28.1 Å². The number of carboxylic acids is 1. The standard InChI is InChI=1S/C21H14F2N2O5S/c1-30-19-6-5-13(21(26)27)9-20(19)31(28,29)25-18-8-14(11-24)17(23)10-16(18)12-3-2-4-15(22)7-12/h2-10,25H,1H3,(H,26,27). The summed E-state index contributed by atoms with van der Waals surface area (Å²) >= 11 is 0. The number of carbonyl (C=O) groups is 1. The zero-order chi connectivity index (χ0) is 22.8. The lowest BCUT2D eigenvalue weighted by atomic mass is 10.0. The Bertz CT molecular complexity index is 1330. The van der Waals surface area contributed by atoms with Crippen LogP contribution >= 0.6 is 0 Å². The summed E-state index contributed by atoms with van der Waals surface area (Å²) in [6, 6.07) is 11.8. The molecule has 0 atom stereocenters. The van der Waals surface area contributed by atoms with Crippen LogP contribution in [0.2, 0.25) is 0 Å². The third kappa shape index (κ3) is 4.46. The van der Waals surface area contributed by atoms with Gasteiger partial charge in [-0.25, -0.2) is 22.0 Å². The van der Waals surface area contributed by atoms with Gasteiger partial charge in [0.1, 0.15) is 28.3 Å². The minimum atomic E-state index is -4.45. The van der Waals surface area contributed by atoms with Gasteiger partial charge in [0.25, 0.3) is 10.0 Å². The van der Waals surface area contributed by atoms with Crippen LogP contribution in [0.15, 0.2) is 59.5 Å². The van der Waals surface area contributed by atoms with Crippen molar-refractivity contribution < 1.29 is 31.8 Å². The lowest BCUT2D eigenvalue weighted by Gasteiger charge is -2.16. The maximum Gasteiger partial charge on any atom is 0.335 e. The van der Waals surface area contributed by atoms with Crippen molar-refractivity contribution in [2.75, 3.05) is 11.8 Å². The molecular formula is C21H14F2N2O5S. The summed E-state index contributed by atoms with van der Waals surface area (Å²) in [4.78, 5) is 10.8. The minimum absolute atomic E-state index is 0.0204. The van der Waals surface area contributed by atoms with Crippen molar-refractivity contribution in [2.24, 2.45) is 0 Å². The molecule has 158 valence electrons. The number of halogens is 2. The van der Waals surface area contributed by atoms with Crippen molar-refractivity contribution in [2.45, 2.75) is 4.90 Å². The van der Waals surface area contributed by atoms with Crippen LogP contribution in [-0.4, -0.2) is 26.6 Å². The second-order valence-electron chi connectivity index (χ2n) is 6.28. The van der Waals surface area contributed by atoms with Crippen LogP contribution in [0.25, 0.3) is 11.1 Å². The fourth-order valence-corrected chi connectivity index (χ4v) is 4.12. The second-order valence-corrected chi connectivity index (χ2v) is 7.93. The van der Waals surface area contributed by atoms with Crippen molar-refractivity contribution in [3.8, 4) is 22.9 Å². The molecule has 0 spiro atoms. The van der Waals surface area contributed by atoms with Gasteiger partial charge < -0.3 is 9.84 Å². The first-order valence-electron chi connectivity index (χ1n) is 8.60. The largest absolute Gasteiger partial charge is 0.495 e. The van der Waals surface area contributed by atoms with E-state index in [0.29, 0.717) is 0 Å². The van der Waals surface area contributed by atoms with E-state index in [1.807, 2.05) is 0 Å². The third-order valence-electron chi connectivity index (χ3n) is 4.31. The van der Waals surface area contributed by atoms with E-state index >= 15 is 0 Å². The van der Waals surface area contributed by atoms with Gasteiger partial charge in [-0.15, -0.1) is 0 Å². The average molecular weight is 444 g/mol. The number of benzene rings is 3. The van der Waals surface area contributed by atoms with Crippen LogP contribution in [0.4, 0.5) is 14.5 Å². The molecule has 3 aromatic rings. The molecule has 0 amide bonds. The fraction of sp³-hybridized carbons (Fsp3) is 0.0476. The number of methoxy groups -OCH3 is 1. The number of nitrogens with one attached hydrogen (secondary N) is 1. The Morgan fingerprint density at radius 1 is 1.13 bits per heavy atom. The molecule has 0 fully saturated rings. The molecule has 7 nitrogen and oxygen atoms in total. The first-order valence-corrected chi connectivity index (χ1v) is 10.1. The van der Waals surface area contributed by atoms with Crippen LogP contribution in [0.1, 0.15) is 15.9 Å². The van der Waals surface area contributed by atoms with Gasteiger partial charge in [-0.2, -0.15) is 5.26 Å². The summed E-state index contributed by atoms with van der Waals surface area (Å²) in [7, 11) is -3.25. The van der Waals surface area contributed by atoms with Crippen LogP contribution < -0.4 is 9.46 Å². The van der Waals surface area contributed by atoms with Crippen LogP contribution in [-0.2, 0) is 10.0 Å². The fourth-order valence-electron chi connectivity index (χ4n) is 2.86. The summed E-state index contributed by atoms with van der Waals surface area (Å²) in [5.41, 5.74) is -0.806. The maximum absolute atomic E-state index is 14.3. The van der Waals surface area contributed by atoms with E-state index in [2.05, 4.69) is 4.72 Å². The number of carboxylic acid groups (broad SMARTS) is 1. The van der Waals surface area contributed by atoms with Gasteiger partial charge in [0.2, 0.25) is 0 Å². The van der Waals surface area contributed by atoms with Crippen molar-refractivity contribution >= 4 is 21.7 Å². The zero-order valence-electron chi connectivity index (χ0n) is 15.9. The lowest BCUT2D eigenvalue weighted by molar-refractivity contribution is 0.0696. The van der Waals surface area contributed by atoms with Gasteiger partial charge in [0, 0.05) is 5.56 Å². The molecule has 0 saturated carbocycles. The first kappa shape index (κ1) is 21.7. The predicted molar refractivity (Wildman–Crippen MR) is 107 cm³/mol. The molecule has 0 aromatic heterocycles. The molecule has 3 aromatic carbocycles. The van der Waals surface area contributed by atoms with Gasteiger partial charge in [-0.1, -0.05) is 12.1 Å². The molecule has 3 rings (SSSR count). The Hall–Kier alpha value is -3.97. The van der Waals surface area contributed by atoms with E-state index < -0.39 is 38.1 Å².